The van der Waals surface area contributed by atoms with Gasteiger partial charge >= 0.3 is 17.9 Å². The number of rotatable bonds is 27. The Morgan fingerprint density at radius 3 is 1.52 bits per heavy atom. The van der Waals surface area contributed by atoms with E-state index in [9.17, 15) is 97.1 Å². The van der Waals surface area contributed by atoms with Crippen LogP contribution in [0.1, 0.15) is 169 Å². The number of unbranched alkanes of at least 4 members (excludes halogenated alkanes) is 11. The van der Waals surface area contributed by atoms with Crippen LogP contribution in [0.4, 0.5) is 0 Å². The molecule has 33 nitrogen and oxygen atoms in total. The van der Waals surface area contributed by atoms with Gasteiger partial charge in [0.25, 0.3) is 0 Å². The number of fused-ring (bicyclic) bond motifs is 2. The van der Waals surface area contributed by atoms with Crippen molar-refractivity contribution in [3.63, 3.8) is 0 Å². The van der Waals surface area contributed by atoms with Crippen molar-refractivity contribution >= 4 is 94.7 Å². The lowest BCUT2D eigenvalue weighted by Crippen LogP contribution is -2.62. The molecule has 0 spiro atoms. The van der Waals surface area contributed by atoms with Crippen LogP contribution in [0, 0.1) is 5.92 Å². The van der Waals surface area contributed by atoms with E-state index in [0.29, 0.717) is 19.3 Å². The van der Waals surface area contributed by atoms with Crippen LogP contribution in [0.25, 0.3) is 0 Å². The summed E-state index contributed by atoms with van der Waals surface area (Å²) >= 11 is 0. The highest BCUT2D eigenvalue weighted by atomic mass is 16.4. The minimum atomic E-state index is -1.90. The van der Waals surface area contributed by atoms with Crippen molar-refractivity contribution in [3.8, 4) is 0 Å². The van der Waals surface area contributed by atoms with E-state index < -0.39 is 207 Å². The second-order valence-electron chi connectivity index (χ2n) is 23.4. The van der Waals surface area contributed by atoms with E-state index in [1.807, 2.05) is 0 Å². The average Bonchev–Trinajstić information content (AvgIpc) is 1.49. The molecule has 3 aliphatic heterocycles. The molecular weight excluding hydrogens is 1210 g/mol. The summed E-state index contributed by atoms with van der Waals surface area (Å²) in [6.45, 7) is 1.96. The second kappa shape index (κ2) is 41.1. The molecule has 0 aromatic carbocycles. The number of carboxylic acids is 3. The zero-order valence-electron chi connectivity index (χ0n) is 53.0. The number of hydrogen-bond acceptors (Lipinski definition) is 17. The third kappa shape index (κ3) is 27.9. The van der Waals surface area contributed by atoms with E-state index in [1.54, 1.807) is 13.8 Å². The van der Waals surface area contributed by atoms with Crippen molar-refractivity contribution < 1.29 is 97.1 Å². The molecule has 3 saturated heterocycles. The first-order chi connectivity index (χ1) is 43.7. The Labute approximate surface area is 533 Å². The molecule has 3 fully saturated rings. The molecule has 0 unspecified atom stereocenters. The number of piperidine rings is 1. The van der Waals surface area contributed by atoms with E-state index in [-0.39, 0.29) is 45.2 Å². The summed E-state index contributed by atoms with van der Waals surface area (Å²) in [5.74, 6) is -18.6. The van der Waals surface area contributed by atoms with Gasteiger partial charge in [-0.05, 0) is 51.4 Å². The number of carbonyl (C=O) groups is 16. The average molecular weight is 1310 g/mol. The van der Waals surface area contributed by atoms with Crippen LogP contribution >= 0.6 is 0 Å². The highest BCUT2D eigenvalue weighted by Gasteiger charge is 2.42. The van der Waals surface area contributed by atoms with Crippen molar-refractivity contribution in [1.82, 2.24) is 68.3 Å². The maximum atomic E-state index is 14.7. The third-order valence-corrected chi connectivity index (χ3v) is 15.9. The largest absolute Gasteiger partial charge is 0.481 e. The predicted molar refractivity (Wildman–Crippen MR) is 324 cm³/mol. The molecule has 92 heavy (non-hydrogen) atoms. The lowest BCUT2D eigenvalue weighted by molar-refractivity contribution is -0.146. The lowest BCUT2D eigenvalue weighted by atomic mass is 9.96. The van der Waals surface area contributed by atoms with E-state index in [0.717, 1.165) is 43.9 Å². The maximum absolute atomic E-state index is 14.7. The van der Waals surface area contributed by atoms with Gasteiger partial charge in [-0.1, -0.05) is 97.8 Å². The summed E-state index contributed by atoms with van der Waals surface area (Å²) in [5, 5.41) is 64.5. The molecule has 0 bridgehead atoms. The number of hydrogen-bond donors (Lipinski definition) is 15. The fourth-order valence-electron chi connectivity index (χ4n) is 10.7. The van der Waals surface area contributed by atoms with Gasteiger partial charge in [-0.3, -0.25) is 76.7 Å². The number of carboxylic acid groups (broad SMARTS) is 3. The SMILES string of the molecule is CCCCCCCCCCCCCCC(=O)N[C@@H](CC(=O)O)C(=O)NCC(=O)N[C@H]1CNC(=O)[C@@H]2CCCN2C(=O)[C@H]([C@@H](C)CC)NC(=O)[C@H]([C@@H](C)O)NC(=O)CNC(=O)[C@H](CC(=O)O)NC(=O)CNC(=O)[C@H](CC(=O)O)NC(=O)CNC(=O)[C@@H]2CCCCN2C1=O. The highest BCUT2D eigenvalue weighted by molar-refractivity contribution is 6.00. The Balaban J connectivity index is 1.94. The molecule has 0 aliphatic carbocycles. The Hall–Kier alpha value is -8.52. The number of amides is 13. The van der Waals surface area contributed by atoms with Crippen molar-refractivity contribution in [1.29, 1.82) is 0 Å². The summed E-state index contributed by atoms with van der Waals surface area (Å²) in [5.41, 5.74) is 0. The predicted octanol–water partition coefficient (Wildman–Crippen LogP) is -3.20. The van der Waals surface area contributed by atoms with Crippen LogP contribution in [0.15, 0.2) is 0 Å². The fourth-order valence-corrected chi connectivity index (χ4v) is 10.7. The summed E-state index contributed by atoms with van der Waals surface area (Å²) in [7, 11) is 0. The zero-order valence-corrected chi connectivity index (χ0v) is 53.0. The molecule has 3 heterocycles. The van der Waals surface area contributed by atoms with Gasteiger partial charge in [-0.2, -0.15) is 0 Å². The van der Waals surface area contributed by atoms with Crippen molar-refractivity contribution in [2.75, 3.05) is 45.8 Å². The molecule has 3 rings (SSSR count). The summed E-state index contributed by atoms with van der Waals surface area (Å²) in [4.78, 5) is 215. The first-order valence-electron chi connectivity index (χ1n) is 31.8. The minimum Gasteiger partial charge on any atom is -0.481 e. The topological polar surface area (TPSA) is 493 Å². The molecule has 3 aliphatic rings. The number of aliphatic hydroxyl groups is 1. The summed E-state index contributed by atoms with van der Waals surface area (Å²) in [6.07, 6.45) is 9.22. The van der Waals surface area contributed by atoms with Crippen molar-refractivity contribution in [2.24, 2.45) is 5.92 Å². The summed E-state index contributed by atoms with van der Waals surface area (Å²) < 4.78 is 0. The fraction of sp³-hybridized carbons (Fsp3) is 0.729. The Morgan fingerprint density at radius 2 is 1.01 bits per heavy atom. The van der Waals surface area contributed by atoms with Gasteiger partial charge < -0.3 is 88.7 Å². The number of aliphatic hydroxyl groups excluding tert-OH is 1. The first-order valence-corrected chi connectivity index (χ1v) is 31.8. The number of nitrogens with zero attached hydrogens (tertiary/aromatic N) is 2. The third-order valence-electron chi connectivity index (χ3n) is 15.9. The van der Waals surface area contributed by atoms with Gasteiger partial charge in [0.2, 0.25) is 76.8 Å². The molecule has 516 valence electrons. The Morgan fingerprint density at radius 1 is 0.533 bits per heavy atom. The van der Waals surface area contributed by atoms with E-state index in [2.05, 4.69) is 65.4 Å². The normalized spacial score (nSPS) is 23.3. The molecule has 33 heteroatoms. The molecule has 15 N–H and O–H groups in total. The highest BCUT2D eigenvalue weighted by Crippen LogP contribution is 2.23. The Kier molecular flexibility index (Phi) is 34.7. The monoisotopic (exact) mass is 1310 g/mol. The standard InChI is InChI=1S/C59H95N13O20/c1-5-7-8-9-10-11-12-13-14-15-16-17-23-42(74)65-36(26-47(79)80)52(85)62-31-45(77)68-39-29-60-55(88)41-22-20-25-72(41)59(92)50(34(3)6-2)70-57(90)51(35(4)73)69-46(78)33-63-54(87)38(28-49(83)84)66-43(75)30-61-53(86)37(27-48(81)82)67-44(76)32-64-56(89)40-21-18-19-24-71(40)58(39)91/h34-41,50-51,73H,5-33H2,1-4H3,(H,60,88)(H,61,86)(H,62,85)(H,63,87)(H,64,89)(H,65,74)(H,66,75)(H,67,76)(H,68,77)(H,69,78)(H,70,90)(H,79,80)(H,81,82)(H,83,84)/t34-,35+,36-,37-,38-,39-,40-,41-,50-,51-/m0/s1. The smallest absolute Gasteiger partial charge is 0.305 e. The zero-order chi connectivity index (χ0) is 68.5. The van der Waals surface area contributed by atoms with Crippen molar-refractivity contribution in [2.45, 2.75) is 223 Å². The van der Waals surface area contributed by atoms with Crippen molar-refractivity contribution in [3.05, 3.63) is 0 Å². The van der Waals surface area contributed by atoms with Gasteiger partial charge in [0.1, 0.15) is 48.3 Å². The summed E-state index contributed by atoms with van der Waals surface area (Å²) in [6, 6.07) is -12.9. The molecule has 0 radical (unpaired) electrons. The molecule has 13 amide bonds. The van der Waals surface area contributed by atoms with Crippen LogP contribution in [-0.2, 0) is 76.7 Å². The van der Waals surface area contributed by atoms with E-state index >= 15 is 0 Å². The maximum Gasteiger partial charge on any atom is 0.305 e. The first kappa shape index (κ1) is 77.7. The molecule has 10 atom stereocenters. The van der Waals surface area contributed by atoms with Gasteiger partial charge in [-0.15, -0.1) is 0 Å². The molecule has 0 aromatic heterocycles. The van der Waals surface area contributed by atoms with Gasteiger partial charge in [0, 0.05) is 26.1 Å². The molecular formula is C59H95N13O20. The van der Waals surface area contributed by atoms with Crippen LogP contribution in [0.3, 0.4) is 0 Å². The van der Waals surface area contributed by atoms with Crippen LogP contribution in [0.2, 0.25) is 0 Å². The second-order valence-corrected chi connectivity index (χ2v) is 23.4. The van der Waals surface area contributed by atoms with E-state index in [4.69, 9.17) is 0 Å². The molecule has 0 aromatic rings. The van der Waals surface area contributed by atoms with Gasteiger partial charge in [0.15, 0.2) is 0 Å². The number of aliphatic carboxylic acids is 3. The quantitative estimate of drug-likeness (QED) is 0.0360. The molecule has 0 saturated carbocycles. The van der Waals surface area contributed by atoms with Crippen LogP contribution in [-0.4, -0.2) is 225 Å². The Bertz CT molecular complexity index is 2610. The van der Waals surface area contributed by atoms with Crippen LogP contribution in [0.5, 0.6) is 0 Å². The number of carbonyl (C=O) groups excluding carboxylic acids is 13. The lowest BCUT2D eigenvalue weighted by Gasteiger charge is -2.37. The number of nitrogens with one attached hydrogen (secondary N) is 11. The van der Waals surface area contributed by atoms with Gasteiger partial charge in [0.05, 0.1) is 51.5 Å². The van der Waals surface area contributed by atoms with E-state index in [1.165, 1.54) is 43.4 Å². The minimum absolute atomic E-state index is 0.00580. The van der Waals surface area contributed by atoms with Gasteiger partial charge in [-0.25, -0.2) is 0 Å². The van der Waals surface area contributed by atoms with Crippen LogP contribution < -0.4 is 58.5 Å².